The van der Waals surface area contributed by atoms with Crippen molar-refractivity contribution in [3.05, 3.63) is 11.7 Å². The molecule has 0 spiro atoms. The quantitative estimate of drug-likeness (QED) is 0.747. The standard InChI is InChI=1S/C14H24N4O2/c1-10(2)6-3-4-8-16-13(19)12-17-14(20-18-12)11-7-5-9-15-11/h10-11,15H,3-9H2,1-2H3,(H,16,19). The molecule has 1 aliphatic heterocycles. The van der Waals surface area contributed by atoms with E-state index in [2.05, 4.69) is 34.6 Å². The third kappa shape index (κ3) is 4.30. The summed E-state index contributed by atoms with van der Waals surface area (Å²) < 4.78 is 5.14. The van der Waals surface area contributed by atoms with Crippen LogP contribution in [0.15, 0.2) is 4.52 Å². The molecule has 1 aromatic rings. The smallest absolute Gasteiger partial charge is 0.292 e. The van der Waals surface area contributed by atoms with Crippen LogP contribution in [-0.4, -0.2) is 29.1 Å². The number of aromatic nitrogens is 2. The Labute approximate surface area is 119 Å². The van der Waals surface area contributed by atoms with Crippen molar-refractivity contribution in [2.75, 3.05) is 13.1 Å². The fourth-order valence-electron chi connectivity index (χ4n) is 2.32. The second-order valence-electron chi connectivity index (χ2n) is 5.75. The highest BCUT2D eigenvalue weighted by atomic mass is 16.5. The Balaban J connectivity index is 1.72. The lowest BCUT2D eigenvalue weighted by Gasteiger charge is -2.04. The predicted molar refractivity (Wildman–Crippen MR) is 75.3 cm³/mol. The molecule has 1 aromatic heterocycles. The molecule has 1 atom stereocenters. The molecule has 6 heteroatoms. The van der Waals surface area contributed by atoms with E-state index in [-0.39, 0.29) is 17.8 Å². The molecular formula is C14H24N4O2. The SMILES string of the molecule is CC(C)CCCCNC(=O)c1noc(C2CCCN2)n1. The maximum Gasteiger partial charge on any atom is 0.292 e. The van der Waals surface area contributed by atoms with Gasteiger partial charge in [0, 0.05) is 6.54 Å². The van der Waals surface area contributed by atoms with Crippen molar-refractivity contribution >= 4 is 5.91 Å². The lowest BCUT2D eigenvalue weighted by atomic mass is 10.1. The van der Waals surface area contributed by atoms with Gasteiger partial charge < -0.3 is 15.2 Å². The van der Waals surface area contributed by atoms with Gasteiger partial charge in [0.05, 0.1) is 6.04 Å². The Morgan fingerprint density at radius 3 is 3.05 bits per heavy atom. The Kier molecular flexibility index (Phi) is 5.52. The van der Waals surface area contributed by atoms with Crippen molar-refractivity contribution < 1.29 is 9.32 Å². The second-order valence-corrected chi connectivity index (χ2v) is 5.75. The van der Waals surface area contributed by atoms with Crippen molar-refractivity contribution in [3.8, 4) is 0 Å². The van der Waals surface area contributed by atoms with Crippen LogP contribution in [0.25, 0.3) is 0 Å². The number of carbonyl (C=O) groups excluding carboxylic acids is 1. The van der Waals surface area contributed by atoms with Crippen LogP contribution in [0.5, 0.6) is 0 Å². The first-order valence-electron chi connectivity index (χ1n) is 7.52. The van der Waals surface area contributed by atoms with E-state index in [1.807, 2.05) is 0 Å². The first kappa shape index (κ1) is 15.0. The molecule has 112 valence electrons. The lowest BCUT2D eigenvalue weighted by molar-refractivity contribution is 0.0939. The summed E-state index contributed by atoms with van der Waals surface area (Å²) in [6.45, 7) is 6.04. The zero-order valence-electron chi connectivity index (χ0n) is 12.3. The number of nitrogens with zero attached hydrogens (tertiary/aromatic N) is 2. The molecule has 1 fully saturated rings. The van der Waals surface area contributed by atoms with Crippen LogP contribution < -0.4 is 10.6 Å². The Bertz CT molecular complexity index is 425. The number of nitrogens with one attached hydrogen (secondary N) is 2. The highest BCUT2D eigenvalue weighted by molar-refractivity contribution is 5.90. The molecule has 2 rings (SSSR count). The van der Waals surface area contributed by atoms with Gasteiger partial charge in [0.25, 0.3) is 11.7 Å². The van der Waals surface area contributed by atoms with E-state index in [0.717, 1.165) is 32.2 Å². The zero-order valence-corrected chi connectivity index (χ0v) is 12.3. The summed E-state index contributed by atoms with van der Waals surface area (Å²) in [6.07, 6.45) is 5.39. The van der Waals surface area contributed by atoms with Gasteiger partial charge in [-0.15, -0.1) is 0 Å². The van der Waals surface area contributed by atoms with E-state index in [1.165, 1.54) is 6.42 Å². The van der Waals surface area contributed by atoms with Gasteiger partial charge in [-0.05, 0) is 31.7 Å². The molecule has 0 saturated carbocycles. The number of amides is 1. The molecule has 1 amide bonds. The number of hydrogen-bond acceptors (Lipinski definition) is 5. The van der Waals surface area contributed by atoms with E-state index in [4.69, 9.17) is 4.52 Å². The van der Waals surface area contributed by atoms with E-state index >= 15 is 0 Å². The van der Waals surface area contributed by atoms with Crippen molar-refractivity contribution in [3.63, 3.8) is 0 Å². The average molecular weight is 280 g/mol. The summed E-state index contributed by atoms with van der Waals surface area (Å²) in [7, 11) is 0. The summed E-state index contributed by atoms with van der Waals surface area (Å²) in [5.41, 5.74) is 0. The van der Waals surface area contributed by atoms with Gasteiger partial charge in [0.1, 0.15) is 0 Å². The van der Waals surface area contributed by atoms with Crippen LogP contribution in [0.2, 0.25) is 0 Å². The summed E-state index contributed by atoms with van der Waals surface area (Å²) >= 11 is 0. The third-order valence-corrected chi connectivity index (χ3v) is 3.50. The largest absolute Gasteiger partial charge is 0.349 e. The third-order valence-electron chi connectivity index (χ3n) is 3.50. The minimum absolute atomic E-state index is 0.107. The first-order chi connectivity index (χ1) is 9.66. The van der Waals surface area contributed by atoms with Crippen LogP contribution in [0.1, 0.15) is 68.5 Å². The van der Waals surface area contributed by atoms with Gasteiger partial charge >= 0.3 is 0 Å². The van der Waals surface area contributed by atoms with E-state index < -0.39 is 0 Å². The van der Waals surface area contributed by atoms with Crippen LogP contribution in [0.3, 0.4) is 0 Å². The van der Waals surface area contributed by atoms with Crippen LogP contribution in [-0.2, 0) is 0 Å². The van der Waals surface area contributed by atoms with Gasteiger partial charge in [-0.25, -0.2) is 0 Å². The minimum Gasteiger partial charge on any atom is -0.349 e. The number of carbonyl (C=O) groups is 1. The molecule has 0 aromatic carbocycles. The van der Waals surface area contributed by atoms with Crippen LogP contribution >= 0.6 is 0 Å². The second kappa shape index (κ2) is 7.38. The fraction of sp³-hybridized carbons (Fsp3) is 0.786. The topological polar surface area (TPSA) is 80.0 Å². The number of hydrogen-bond donors (Lipinski definition) is 2. The van der Waals surface area contributed by atoms with E-state index in [0.29, 0.717) is 18.4 Å². The predicted octanol–water partition coefficient (Wildman–Crippen LogP) is 2.05. The Hall–Kier alpha value is -1.43. The van der Waals surface area contributed by atoms with Crippen molar-refractivity contribution in [2.45, 2.75) is 52.0 Å². The summed E-state index contributed by atoms with van der Waals surface area (Å²) in [4.78, 5) is 16.0. The van der Waals surface area contributed by atoms with Crippen molar-refractivity contribution in [1.82, 2.24) is 20.8 Å². The molecule has 1 aliphatic rings. The van der Waals surface area contributed by atoms with Gasteiger partial charge in [-0.3, -0.25) is 4.79 Å². The highest BCUT2D eigenvalue weighted by Crippen LogP contribution is 2.20. The van der Waals surface area contributed by atoms with Crippen LogP contribution in [0, 0.1) is 5.92 Å². The van der Waals surface area contributed by atoms with Gasteiger partial charge in [0.15, 0.2) is 0 Å². The average Bonchev–Trinajstić information content (AvgIpc) is 3.08. The Morgan fingerprint density at radius 2 is 2.35 bits per heavy atom. The molecule has 0 aliphatic carbocycles. The first-order valence-corrected chi connectivity index (χ1v) is 7.52. The number of unbranched alkanes of at least 4 members (excludes halogenated alkanes) is 1. The maximum absolute atomic E-state index is 11.9. The van der Waals surface area contributed by atoms with Gasteiger partial charge in [-0.1, -0.05) is 31.8 Å². The van der Waals surface area contributed by atoms with Gasteiger partial charge in [0.2, 0.25) is 5.89 Å². The van der Waals surface area contributed by atoms with Crippen molar-refractivity contribution in [2.24, 2.45) is 5.92 Å². The molecule has 1 saturated heterocycles. The summed E-state index contributed by atoms with van der Waals surface area (Å²) in [5.74, 6) is 1.12. The Morgan fingerprint density at radius 1 is 1.50 bits per heavy atom. The van der Waals surface area contributed by atoms with Gasteiger partial charge in [-0.2, -0.15) is 4.98 Å². The minimum atomic E-state index is -0.248. The summed E-state index contributed by atoms with van der Waals surface area (Å²) in [6, 6.07) is 0.107. The fourth-order valence-corrected chi connectivity index (χ4v) is 2.32. The lowest BCUT2D eigenvalue weighted by Crippen LogP contribution is -2.25. The zero-order chi connectivity index (χ0) is 14.4. The molecule has 1 unspecified atom stereocenters. The molecule has 0 bridgehead atoms. The molecule has 20 heavy (non-hydrogen) atoms. The molecular weight excluding hydrogens is 256 g/mol. The molecule has 2 heterocycles. The molecule has 2 N–H and O–H groups in total. The highest BCUT2D eigenvalue weighted by Gasteiger charge is 2.24. The molecule has 6 nitrogen and oxygen atoms in total. The van der Waals surface area contributed by atoms with E-state index in [9.17, 15) is 4.79 Å². The van der Waals surface area contributed by atoms with Crippen LogP contribution in [0.4, 0.5) is 0 Å². The normalized spacial score (nSPS) is 18.6. The number of rotatable bonds is 7. The van der Waals surface area contributed by atoms with E-state index in [1.54, 1.807) is 0 Å². The molecule has 0 radical (unpaired) electrons. The maximum atomic E-state index is 11.9. The summed E-state index contributed by atoms with van der Waals surface area (Å²) in [5, 5.41) is 9.85. The monoisotopic (exact) mass is 280 g/mol. The van der Waals surface area contributed by atoms with Crippen molar-refractivity contribution in [1.29, 1.82) is 0 Å².